The lowest BCUT2D eigenvalue weighted by atomic mass is 10.4. The second-order valence-electron chi connectivity index (χ2n) is 2.97. The molecule has 84 valence electrons. The molecule has 0 aliphatic rings. The topological polar surface area (TPSA) is 46.5 Å². The molecule has 1 aromatic rings. The summed E-state index contributed by atoms with van der Waals surface area (Å²) in [5.74, 6) is 0.550. The quantitative estimate of drug-likeness (QED) is 0.492. The molecule has 0 saturated heterocycles. The number of hydrogen-bond donors (Lipinski definition) is 1. The molecule has 0 fully saturated rings. The summed E-state index contributed by atoms with van der Waals surface area (Å²) < 4.78 is 4.56. The lowest BCUT2D eigenvalue weighted by Crippen LogP contribution is -1.97. The molecule has 0 aromatic carbocycles. The van der Waals surface area contributed by atoms with E-state index in [2.05, 4.69) is 11.7 Å². The Morgan fingerprint density at radius 3 is 3.00 bits per heavy atom. The molecule has 0 aliphatic carbocycles. The number of methoxy groups -OCH3 is 1. The molecule has 0 amide bonds. The Hall–Kier alpha value is -0.680. The van der Waals surface area contributed by atoms with Crippen LogP contribution in [0.4, 0.5) is 0 Å². The van der Waals surface area contributed by atoms with E-state index in [1.807, 2.05) is 0 Å². The van der Waals surface area contributed by atoms with Crippen molar-refractivity contribution in [2.24, 2.45) is 0 Å². The molecule has 0 atom stereocenters. The molecule has 0 spiro atoms. The average molecular weight is 246 g/mol. The van der Waals surface area contributed by atoms with E-state index in [1.54, 1.807) is 17.1 Å². The maximum Gasteiger partial charge on any atom is 0.351 e. The number of esters is 1. The molecule has 1 rings (SSSR count). The van der Waals surface area contributed by atoms with Crippen LogP contribution in [0.5, 0.6) is 5.75 Å². The van der Waals surface area contributed by atoms with E-state index in [4.69, 9.17) is 0 Å². The Kier molecular flexibility index (Phi) is 4.98. The molecule has 0 aliphatic heterocycles. The summed E-state index contributed by atoms with van der Waals surface area (Å²) in [5, 5.41) is 11.5. The van der Waals surface area contributed by atoms with Gasteiger partial charge in [-0.15, -0.1) is 23.1 Å². The number of aromatic hydroxyl groups is 1. The minimum atomic E-state index is -0.472. The van der Waals surface area contributed by atoms with Crippen molar-refractivity contribution in [2.75, 3.05) is 12.9 Å². The first-order chi connectivity index (χ1) is 7.20. The fraction of sp³-hybridized carbons (Fsp3) is 0.500. The Bertz CT molecular complexity index is 333. The van der Waals surface area contributed by atoms with E-state index in [0.29, 0.717) is 0 Å². The van der Waals surface area contributed by atoms with Crippen LogP contribution in [0.25, 0.3) is 0 Å². The third-order valence-electron chi connectivity index (χ3n) is 1.86. The van der Waals surface area contributed by atoms with Crippen molar-refractivity contribution >= 4 is 29.1 Å². The number of carbonyl (C=O) groups excluding carboxylic acids is 1. The first kappa shape index (κ1) is 12.4. The van der Waals surface area contributed by atoms with Gasteiger partial charge in [-0.05, 0) is 12.2 Å². The second-order valence-corrected chi connectivity index (χ2v) is 4.99. The monoisotopic (exact) mass is 246 g/mol. The summed E-state index contributed by atoms with van der Waals surface area (Å²) in [6.07, 6.45) is 2.23. The minimum Gasteiger partial charge on any atom is -0.505 e. The van der Waals surface area contributed by atoms with Gasteiger partial charge in [0.1, 0.15) is 0 Å². The highest BCUT2D eigenvalue weighted by molar-refractivity contribution is 7.99. The first-order valence-electron chi connectivity index (χ1n) is 4.72. The number of thiophene rings is 1. The summed E-state index contributed by atoms with van der Waals surface area (Å²) in [6.45, 7) is 2.12. The van der Waals surface area contributed by atoms with Crippen LogP contribution in [0, 0.1) is 0 Å². The van der Waals surface area contributed by atoms with Crippen molar-refractivity contribution in [1.29, 1.82) is 0 Å². The Morgan fingerprint density at radius 1 is 1.67 bits per heavy atom. The van der Waals surface area contributed by atoms with E-state index < -0.39 is 5.97 Å². The van der Waals surface area contributed by atoms with Crippen molar-refractivity contribution in [3.8, 4) is 5.75 Å². The minimum absolute atomic E-state index is 0.0629. The SMILES string of the molecule is CCCCSc1csc(C(=O)OC)c1O. The fourth-order valence-corrected chi connectivity index (χ4v) is 3.11. The van der Waals surface area contributed by atoms with Gasteiger partial charge in [-0.2, -0.15) is 0 Å². The summed E-state index contributed by atoms with van der Waals surface area (Å²) in [7, 11) is 1.31. The lowest BCUT2D eigenvalue weighted by molar-refractivity contribution is 0.0603. The number of carbonyl (C=O) groups is 1. The Morgan fingerprint density at radius 2 is 2.40 bits per heavy atom. The van der Waals surface area contributed by atoms with Gasteiger partial charge in [-0.1, -0.05) is 13.3 Å². The summed E-state index contributed by atoms with van der Waals surface area (Å²) in [5.41, 5.74) is 0. The van der Waals surface area contributed by atoms with Crippen molar-refractivity contribution in [1.82, 2.24) is 0 Å². The van der Waals surface area contributed by atoms with Crippen molar-refractivity contribution in [3.05, 3.63) is 10.3 Å². The standard InChI is InChI=1S/C10H14O3S2/c1-3-4-5-14-7-6-15-9(8(7)11)10(12)13-2/h6,11H,3-5H2,1-2H3. The molecule has 3 nitrogen and oxygen atoms in total. The van der Waals surface area contributed by atoms with Crippen LogP contribution in [-0.4, -0.2) is 23.9 Å². The van der Waals surface area contributed by atoms with Crippen LogP contribution in [0.1, 0.15) is 29.4 Å². The van der Waals surface area contributed by atoms with Crippen LogP contribution >= 0.6 is 23.1 Å². The Labute approximate surface area is 97.5 Å². The lowest BCUT2D eigenvalue weighted by Gasteiger charge is -1.99. The van der Waals surface area contributed by atoms with Gasteiger partial charge in [-0.3, -0.25) is 0 Å². The zero-order valence-electron chi connectivity index (χ0n) is 8.78. The van der Waals surface area contributed by atoms with Gasteiger partial charge >= 0.3 is 5.97 Å². The third-order valence-corrected chi connectivity index (χ3v) is 4.07. The molecule has 0 radical (unpaired) electrons. The molecule has 0 saturated carbocycles. The molecular formula is C10H14O3S2. The number of rotatable bonds is 5. The predicted octanol–water partition coefficient (Wildman–Crippen LogP) is 3.13. The summed E-state index contributed by atoms with van der Waals surface area (Å²) in [4.78, 5) is 12.3. The first-order valence-corrected chi connectivity index (χ1v) is 6.58. The van der Waals surface area contributed by atoms with Crippen LogP contribution in [-0.2, 0) is 4.74 Å². The molecular weight excluding hydrogens is 232 g/mol. The average Bonchev–Trinajstić information content (AvgIpc) is 2.60. The van der Waals surface area contributed by atoms with Gasteiger partial charge < -0.3 is 9.84 Å². The van der Waals surface area contributed by atoms with Gasteiger partial charge in [0.2, 0.25) is 0 Å². The highest BCUT2D eigenvalue weighted by Crippen LogP contribution is 2.37. The van der Waals surface area contributed by atoms with Crippen LogP contribution in [0.2, 0.25) is 0 Å². The number of unbranched alkanes of at least 4 members (excludes halogenated alkanes) is 1. The maximum absolute atomic E-state index is 11.2. The molecule has 5 heteroatoms. The Balaban J connectivity index is 2.67. The zero-order valence-corrected chi connectivity index (χ0v) is 10.4. The third kappa shape index (κ3) is 3.14. The largest absolute Gasteiger partial charge is 0.505 e. The predicted molar refractivity (Wildman–Crippen MR) is 63.0 cm³/mol. The van der Waals surface area contributed by atoms with Crippen LogP contribution < -0.4 is 0 Å². The second kappa shape index (κ2) is 6.02. The van der Waals surface area contributed by atoms with Crippen LogP contribution in [0.3, 0.4) is 0 Å². The van der Waals surface area contributed by atoms with Crippen LogP contribution in [0.15, 0.2) is 10.3 Å². The normalized spacial score (nSPS) is 10.3. The molecule has 1 N–H and O–H groups in total. The van der Waals surface area contributed by atoms with Gasteiger partial charge in [0.05, 0.1) is 12.0 Å². The number of ether oxygens (including phenoxy) is 1. The number of thioether (sulfide) groups is 1. The smallest absolute Gasteiger partial charge is 0.351 e. The highest BCUT2D eigenvalue weighted by Gasteiger charge is 2.17. The number of hydrogen-bond acceptors (Lipinski definition) is 5. The summed E-state index contributed by atoms with van der Waals surface area (Å²) >= 11 is 2.79. The van der Waals surface area contributed by atoms with E-state index in [1.165, 1.54) is 18.4 Å². The van der Waals surface area contributed by atoms with E-state index in [-0.39, 0.29) is 10.6 Å². The van der Waals surface area contributed by atoms with E-state index in [0.717, 1.165) is 23.5 Å². The fourth-order valence-electron chi connectivity index (χ4n) is 1.00. The van der Waals surface area contributed by atoms with Gasteiger partial charge in [0.15, 0.2) is 10.6 Å². The zero-order chi connectivity index (χ0) is 11.3. The molecule has 0 bridgehead atoms. The van der Waals surface area contributed by atoms with Gasteiger partial charge in [0.25, 0.3) is 0 Å². The summed E-state index contributed by atoms with van der Waals surface area (Å²) in [6, 6.07) is 0. The van der Waals surface area contributed by atoms with Gasteiger partial charge in [-0.25, -0.2) is 4.79 Å². The molecule has 0 unspecified atom stereocenters. The molecule has 1 aromatic heterocycles. The molecule has 1 heterocycles. The van der Waals surface area contributed by atoms with Crippen molar-refractivity contribution in [3.63, 3.8) is 0 Å². The van der Waals surface area contributed by atoms with Crippen molar-refractivity contribution in [2.45, 2.75) is 24.7 Å². The molecule has 15 heavy (non-hydrogen) atoms. The van der Waals surface area contributed by atoms with E-state index in [9.17, 15) is 9.90 Å². The maximum atomic E-state index is 11.2. The van der Waals surface area contributed by atoms with Gasteiger partial charge in [0, 0.05) is 5.38 Å². The van der Waals surface area contributed by atoms with Crippen molar-refractivity contribution < 1.29 is 14.6 Å². The highest BCUT2D eigenvalue weighted by atomic mass is 32.2. The van der Waals surface area contributed by atoms with E-state index >= 15 is 0 Å².